The first-order chi connectivity index (χ1) is 13.9. The molecule has 0 radical (unpaired) electrons. The van der Waals surface area contributed by atoms with Crippen LogP contribution >= 0.6 is 0 Å². The second kappa shape index (κ2) is 7.54. The third-order valence-corrected chi connectivity index (χ3v) is 5.63. The standard InChI is InChI=1S/C23H24N4O2/c1-14-5-4-6-20(16(14)3)27-13-18(12-21(27)28)23(29)26-19-11-17(8-7-15(19)2)22-24-9-10-25-22/h4-11,18H,12-13H2,1-3H3,(H,24,25)(H,26,29). The number of imidazole rings is 1. The van der Waals surface area contributed by atoms with Crippen LogP contribution in [-0.4, -0.2) is 28.3 Å². The Balaban J connectivity index is 1.52. The monoisotopic (exact) mass is 388 g/mol. The molecule has 1 atom stereocenters. The number of nitrogens with zero attached hydrogens (tertiary/aromatic N) is 2. The average molecular weight is 388 g/mol. The Hall–Kier alpha value is -3.41. The second-order valence-electron chi connectivity index (χ2n) is 7.58. The second-order valence-corrected chi connectivity index (χ2v) is 7.58. The Kier molecular flexibility index (Phi) is 4.92. The summed E-state index contributed by atoms with van der Waals surface area (Å²) in [7, 11) is 0. The van der Waals surface area contributed by atoms with E-state index >= 15 is 0 Å². The van der Waals surface area contributed by atoms with E-state index in [2.05, 4.69) is 15.3 Å². The number of carbonyl (C=O) groups excluding carboxylic acids is 2. The molecule has 1 fully saturated rings. The molecular weight excluding hydrogens is 364 g/mol. The lowest BCUT2D eigenvalue weighted by Crippen LogP contribution is -2.28. The maximum absolute atomic E-state index is 12.9. The lowest BCUT2D eigenvalue weighted by molar-refractivity contribution is -0.122. The lowest BCUT2D eigenvalue weighted by atomic mass is 10.1. The fraction of sp³-hybridized carbons (Fsp3) is 0.261. The molecule has 2 heterocycles. The van der Waals surface area contributed by atoms with Gasteiger partial charge in [-0.1, -0.05) is 24.3 Å². The fourth-order valence-electron chi connectivity index (χ4n) is 3.71. The van der Waals surface area contributed by atoms with Crippen LogP contribution in [0.2, 0.25) is 0 Å². The van der Waals surface area contributed by atoms with Gasteiger partial charge < -0.3 is 15.2 Å². The minimum absolute atomic E-state index is 0.0140. The average Bonchev–Trinajstić information content (AvgIpc) is 3.36. The third-order valence-electron chi connectivity index (χ3n) is 5.63. The lowest BCUT2D eigenvalue weighted by Gasteiger charge is -2.20. The number of aromatic amines is 1. The first-order valence-corrected chi connectivity index (χ1v) is 9.72. The molecule has 4 rings (SSSR count). The van der Waals surface area contributed by atoms with Crippen LogP contribution in [0.4, 0.5) is 11.4 Å². The third kappa shape index (κ3) is 3.66. The minimum atomic E-state index is -0.380. The summed E-state index contributed by atoms with van der Waals surface area (Å²) in [6.45, 7) is 6.38. The van der Waals surface area contributed by atoms with Crippen molar-refractivity contribution in [3.63, 3.8) is 0 Å². The largest absolute Gasteiger partial charge is 0.345 e. The van der Waals surface area contributed by atoms with Crippen molar-refractivity contribution in [1.82, 2.24) is 9.97 Å². The molecule has 1 saturated heterocycles. The highest BCUT2D eigenvalue weighted by atomic mass is 16.2. The molecule has 2 N–H and O–H groups in total. The molecular formula is C23H24N4O2. The SMILES string of the molecule is Cc1ccc(-c2ncc[nH]2)cc1NC(=O)C1CC(=O)N(c2cccc(C)c2C)C1. The first kappa shape index (κ1) is 18.9. The Morgan fingerprint density at radius 2 is 2.00 bits per heavy atom. The maximum Gasteiger partial charge on any atom is 0.229 e. The number of aromatic nitrogens is 2. The van der Waals surface area contributed by atoms with E-state index in [4.69, 9.17) is 0 Å². The number of aryl methyl sites for hydroxylation is 2. The van der Waals surface area contributed by atoms with Gasteiger partial charge in [0, 0.05) is 42.3 Å². The summed E-state index contributed by atoms with van der Waals surface area (Å²) in [6.07, 6.45) is 3.68. The number of rotatable bonds is 4. The predicted octanol–water partition coefficient (Wildman–Crippen LogP) is 3.99. The van der Waals surface area contributed by atoms with Gasteiger partial charge in [-0.15, -0.1) is 0 Å². The predicted molar refractivity (Wildman–Crippen MR) is 114 cm³/mol. The van der Waals surface area contributed by atoms with E-state index in [0.717, 1.165) is 39.5 Å². The van der Waals surface area contributed by atoms with Gasteiger partial charge in [0.05, 0.1) is 5.92 Å². The number of nitrogens with one attached hydrogen (secondary N) is 2. The summed E-state index contributed by atoms with van der Waals surface area (Å²) in [6, 6.07) is 11.7. The molecule has 148 valence electrons. The van der Waals surface area contributed by atoms with Crippen molar-refractivity contribution < 1.29 is 9.59 Å². The minimum Gasteiger partial charge on any atom is -0.345 e. The van der Waals surface area contributed by atoms with Crippen LogP contribution in [0.1, 0.15) is 23.1 Å². The van der Waals surface area contributed by atoms with Crippen LogP contribution in [0, 0.1) is 26.7 Å². The normalized spacial score (nSPS) is 16.3. The van der Waals surface area contributed by atoms with Gasteiger partial charge in [0.15, 0.2) is 0 Å². The zero-order valence-electron chi connectivity index (χ0n) is 16.8. The highest BCUT2D eigenvalue weighted by Gasteiger charge is 2.36. The van der Waals surface area contributed by atoms with Gasteiger partial charge in [0.2, 0.25) is 11.8 Å². The van der Waals surface area contributed by atoms with E-state index in [0.29, 0.717) is 6.54 Å². The zero-order chi connectivity index (χ0) is 20.5. The molecule has 0 saturated carbocycles. The smallest absolute Gasteiger partial charge is 0.229 e. The summed E-state index contributed by atoms with van der Waals surface area (Å²) in [4.78, 5) is 34.6. The molecule has 0 spiro atoms. The van der Waals surface area contributed by atoms with Gasteiger partial charge in [-0.3, -0.25) is 9.59 Å². The van der Waals surface area contributed by atoms with Gasteiger partial charge in [0.1, 0.15) is 5.82 Å². The summed E-state index contributed by atoms with van der Waals surface area (Å²) in [5.41, 5.74) is 5.69. The van der Waals surface area contributed by atoms with Gasteiger partial charge in [0.25, 0.3) is 0 Å². The highest BCUT2D eigenvalue weighted by Crippen LogP contribution is 2.30. The molecule has 0 aliphatic carbocycles. The molecule has 6 heteroatoms. The van der Waals surface area contributed by atoms with Crippen molar-refractivity contribution in [1.29, 1.82) is 0 Å². The van der Waals surface area contributed by atoms with Crippen molar-refractivity contribution in [2.24, 2.45) is 5.92 Å². The first-order valence-electron chi connectivity index (χ1n) is 9.72. The Labute approximate surface area is 170 Å². The Bertz CT molecular complexity index is 1070. The number of benzene rings is 2. The van der Waals surface area contributed by atoms with Crippen LogP contribution < -0.4 is 10.2 Å². The fourth-order valence-corrected chi connectivity index (χ4v) is 3.71. The quantitative estimate of drug-likeness (QED) is 0.709. The topological polar surface area (TPSA) is 78.1 Å². The van der Waals surface area contributed by atoms with Crippen LogP contribution in [0.15, 0.2) is 48.8 Å². The van der Waals surface area contributed by atoms with E-state index in [-0.39, 0.29) is 24.2 Å². The van der Waals surface area contributed by atoms with E-state index in [9.17, 15) is 9.59 Å². The van der Waals surface area contributed by atoms with Crippen LogP contribution in [-0.2, 0) is 9.59 Å². The van der Waals surface area contributed by atoms with Crippen LogP contribution in [0.3, 0.4) is 0 Å². The van der Waals surface area contributed by atoms with Gasteiger partial charge in [-0.05, 0) is 49.6 Å². The summed E-state index contributed by atoms with van der Waals surface area (Å²) < 4.78 is 0. The molecule has 0 bridgehead atoms. The number of amides is 2. The van der Waals surface area contributed by atoms with E-state index < -0.39 is 0 Å². The number of hydrogen-bond acceptors (Lipinski definition) is 3. The van der Waals surface area contributed by atoms with Gasteiger partial charge in [-0.2, -0.15) is 0 Å². The maximum atomic E-state index is 12.9. The Morgan fingerprint density at radius 3 is 2.76 bits per heavy atom. The Morgan fingerprint density at radius 1 is 1.17 bits per heavy atom. The molecule has 1 aliphatic heterocycles. The van der Waals surface area contributed by atoms with Crippen molar-refractivity contribution in [2.45, 2.75) is 27.2 Å². The highest BCUT2D eigenvalue weighted by molar-refractivity contribution is 6.04. The van der Waals surface area contributed by atoms with E-state index in [1.54, 1.807) is 17.3 Å². The van der Waals surface area contributed by atoms with Crippen molar-refractivity contribution in [2.75, 3.05) is 16.8 Å². The van der Waals surface area contributed by atoms with Crippen molar-refractivity contribution in [3.8, 4) is 11.4 Å². The number of anilines is 2. The van der Waals surface area contributed by atoms with Gasteiger partial charge >= 0.3 is 0 Å². The van der Waals surface area contributed by atoms with Crippen LogP contribution in [0.5, 0.6) is 0 Å². The zero-order valence-corrected chi connectivity index (χ0v) is 16.8. The molecule has 1 aliphatic rings. The molecule has 6 nitrogen and oxygen atoms in total. The van der Waals surface area contributed by atoms with Crippen LogP contribution in [0.25, 0.3) is 11.4 Å². The number of carbonyl (C=O) groups is 2. The molecule has 1 unspecified atom stereocenters. The summed E-state index contributed by atoms with van der Waals surface area (Å²) in [5.74, 6) is 0.220. The number of H-pyrrole nitrogens is 1. The molecule has 29 heavy (non-hydrogen) atoms. The van der Waals surface area contributed by atoms with Crippen molar-refractivity contribution >= 4 is 23.2 Å². The van der Waals surface area contributed by atoms with E-state index in [1.165, 1.54) is 0 Å². The molecule has 2 amide bonds. The van der Waals surface area contributed by atoms with E-state index in [1.807, 2.05) is 57.2 Å². The summed E-state index contributed by atoms with van der Waals surface area (Å²) >= 11 is 0. The summed E-state index contributed by atoms with van der Waals surface area (Å²) in [5, 5.41) is 3.01. The van der Waals surface area contributed by atoms with Crippen molar-refractivity contribution in [3.05, 3.63) is 65.5 Å². The molecule has 1 aromatic heterocycles. The number of hydrogen-bond donors (Lipinski definition) is 2. The molecule has 2 aromatic carbocycles. The molecule has 3 aromatic rings. The van der Waals surface area contributed by atoms with Gasteiger partial charge in [-0.25, -0.2) is 4.98 Å².